The molecule has 33 heavy (non-hydrogen) atoms. The number of carbonyl (C=O) groups excluding carboxylic acids is 1. The number of pyridine rings is 2. The summed E-state index contributed by atoms with van der Waals surface area (Å²) >= 11 is 0. The normalized spacial score (nSPS) is 16.5. The van der Waals surface area contributed by atoms with E-state index in [1.807, 2.05) is 0 Å². The summed E-state index contributed by atoms with van der Waals surface area (Å²) in [5.74, 6) is -0.226. The van der Waals surface area contributed by atoms with Crippen LogP contribution in [0.4, 0.5) is 29.2 Å². The lowest BCUT2D eigenvalue weighted by Crippen LogP contribution is -2.21. The molecule has 170 valence electrons. The lowest BCUT2D eigenvalue weighted by atomic mass is 10.1. The van der Waals surface area contributed by atoms with Gasteiger partial charge in [0.1, 0.15) is 17.6 Å². The van der Waals surface area contributed by atoms with Crippen molar-refractivity contribution in [3.63, 3.8) is 0 Å². The number of aromatic nitrogens is 6. The Morgan fingerprint density at radius 2 is 2.06 bits per heavy atom. The van der Waals surface area contributed by atoms with E-state index in [-0.39, 0.29) is 23.5 Å². The lowest BCUT2D eigenvalue weighted by Gasteiger charge is -2.10. The van der Waals surface area contributed by atoms with Crippen LogP contribution >= 0.6 is 0 Å². The molecule has 1 aliphatic heterocycles. The standard InChI is InChI=1S/C20H16F4N8O/c21-11-4-6-31(10-11)19-28-16-8-12(5-7-32(16)30-19)26-18(33)17-13(9-25-29-17)14-2-1-3-15(27-14)20(22,23)24/h1-3,5,7-9,11H,4,6,10H2,(H,25,29)(H,26,33)/t11-/m0/s1. The van der Waals surface area contributed by atoms with Crippen LogP contribution in [0, 0.1) is 0 Å². The summed E-state index contributed by atoms with van der Waals surface area (Å²) in [6.07, 6.45) is -2.29. The minimum atomic E-state index is -4.62. The Morgan fingerprint density at radius 1 is 1.21 bits per heavy atom. The maximum Gasteiger partial charge on any atom is 0.433 e. The molecule has 1 fully saturated rings. The first kappa shape index (κ1) is 20.8. The van der Waals surface area contributed by atoms with E-state index >= 15 is 0 Å². The van der Waals surface area contributed by atoms with Crippen molar-refractivity contribution in [2.45, 2.75) is 18.8 Å². The lowest BCUT2D eigenvalue weighted by molar-refractivity contribution is -0.141. The van der Waals surface area contributed by atoms with Crippen molar-refractivity contribution in [1.29, 1.82) is 0 Å². The Kier molecular flexibility index (Phi) is 4.95. The third-order valence-corrected chi connectivity index (χ3v) is 5.18. The van der Waals surface area contributed by atoms with Crippen LogP contribution in [0.15, 0.2) is 42.7 Å². The number of amides is 1. The zero-order valence-corrected chi connectivity index (χ0v) is 16.8. The van der Waals surface area contributed by atoms with Gasteiger partial charge in [0.2, 0.25) is 5.95 Å². The average molecular weight is 460 g/mol. The molecule has 9 nitrogen and oxygen atoms in total. The summed E-state index contributed by atoms with van der Waals surface area (Å²) in [7, 11) is 0. The minimum Gasteiger partial charge on any atom is -0.336 e. The molecule has 2 N–H and O–H groups in total. The number of alkyl halides is 4. The second-order valence-corrected chi connectivity index (χ2v) is 7.48. The van der Waals surface area contributed by atoms with Gasteiger partial charge in [-0.3, -0.25) is 9.89 Å². The van der Waals surface area contributed by atoms with E-state index in [1.165, 1.54) is 22.8 Å². The summed E-state index contributed by atoms with van der Waals surface area (Å²) in [4.78, 5) is 22.5. The molecule has 0 saturated carbocycles. The second-order valence-electron chi connectivity index (χ2n) is 7.48. The van der Waals surface area contributed by atoms with Gasteiger partial charge < -0.3 is 10.2 Å². The maximum atomic E-state index is 13.5. The highest BCUT2D eigenvalue weighted by atomic mass is 19.4. The topological polar surface area (TPSA) is 104 Å². The molecule has 0 aromatic carbocycles. The van der Waals surface area contributed by atoms with Gasteiger partial charge in [0.05, 0.1) is 24.0 Å². The first-order valence-electron chi connectivity index (χ1n) is 9.93. The van der Waals surface area contributed by atoms with Gasteiger partial charge in [-0.15, -0.1) is 5.10 Å². The number of rotatable bonds is 4. The fraction of sp³-hybridized carbons (Fsp3) is 0.250. The number of carbonyl (C=O) groups is 1. The molecular formula is C20H16F4N8O. The van der Waals surface area contributed by atoms with Crippen LogP contribution in [0.3, 0.4) is 0 Å². The molecule has 0 radical (unpaired) electrons. The van der Waals surface area contributed by atoms with E-state index in [0.29, 0.717) is 30.2 Å². The Labute approximate surface area is 183 Å². The minimum absolute atomic E-state index is 0.0435. The largest absolute Gasteiger partial charge is 0.433 e. The van der Waals surface area contributed by atoms with Gasteiger partial charge in [0.15, 0.2) is 5.65 Å². The molecule has 4 aromatic rings. The monoisotopic (exact) mass is 460 g/mol. The average Bonchev–Trinajstić information content (AvgIpc) is 3.52. The molecule has 5 rings (SSSR count). The fourth-order valence-electron chi connectivity index (χ4n) is 3.57. The number of hydrogen-bond donors (Lipinski definition) is 2. The highest BCUT2D eigenvalue weighted by molar-refractivity contribution is 6.07. The summed E-state index contributed by atoms with van der Waals surface area (Å²) in [5.41, 5.74) is -0.215. The summed E-state index contributed by atoms with van der Waals surface area (Å²) < 4.78 is 54.0. The van der Waals surface area contributed by atoms with Crippen molar-refractivity contribution < 1.29 is 22.4 Å². The number of nitrogens with one attached hydrogen (secondary N) is 2. The van der Waals surface area contributed by atoms with Crippen LogP contribution in [-0.2, 0) is 6.18 Å². The predicted molar refractivity (Wildman–Crippen MR) is 109 cm³/mol. The molecule has 0 unspecified atom stereocenters. The van der Waals surface area contributed by atoms with Gasteiger partial charge in [-0.25, -0.2) is 13.9 Å². The number of aromatic amines is 1. The van der Waals surface area contributed by atoms with E-state index in [9.17, 15) is 22.4 Å². The summed E-state index contributed by atoms with van der Waals surface area (Å²) in [6, 6.07) is 6.59. The highest BCUT2D eigenvalue weighted by Gasteiger charge is 2.33. The van der Waals surface area contributed by atoms with Crippen LogP contribution < -0.4 is 10.2 Å². The van der Waals surface area contributed by atoms with E-state index < -0.39 is 23.9 Å². The Balaban J connectivity index is 1.38. The Morgan fingerprint density at radius 3 is 2.82 bits per heavy atom. The van der Waals surface area contributed by atoms with Crippen LogP contribution in [0.1, 0.15) is 22.6 Å². The number of H-pyrrole nitrogens is 1. The fourth-order valence-corrected chi connectivity index (χ4v) is 3.57. The van der Waals surface area contributed by atoms with E-state index in [4.69, 9.17) is 0 Å². The first-order valence-corrected chi connectivity index (χ1v) is 9.93. The van der Waals surface area contributed by atoms with E-state index in [2.05, 4.69) is 30.6 Å². The first-order chi connectivity index (χ1) is 15.8. The van der Waals surface area contributed by atoms with Gasteiger partial charge in [0, 0.05) is 24.5 Å². The number of hydrogen-bond acceptors (Lipinski definition) is 6. The third-order valence-electron chi connectivity index (χ3n) is 5.18. The Bertz CT molecular complexity index is 1330. The molecule has 0 spiro atoms. The van der Waals surface area contributed by atoms with Gasteiger partial charge in [-0.2, -0.15) is 23.3 Å². The van der Waals surface area contributed by atoms with Gasteiger partial charge in [-0.1, -0.05) is 6.07 Å². The molecule has 1 aliphatic rings. The van der Waals surface area contributed by atoms with Crippen molar-refractivity contribution in [2.24, 2.45) is 0 Å². The van der Waals surface area contributed by atoms with Crippen molar-refractivity contribution >= 4 is 23.2 Å². The quantitative estimate of drug-likeness (QED) is 0.453. The van der Waals surface area contributed by atoms with Crippen LogP contribution in [0.5, 0.6) is 0 Å². The molecule has 1 amide bonds. The van der Waals surface area contributed by atoms with E-state index in [0.717, 1.165) is 6.07 Å². The molecule has 5 heterocycles. The number of fused-ring (bicyclic) bond motifs is 1. The van der Waals surface area contributed by atoms with Crippen molar-refractivity contribution in [1.82, 2.24) is 29.8 Å². The number of halogens is 4. The predicted octanol–water partition coefficient (Wildman–Crippen LogP) is 3.33. The van der Waals surface area contributed by atoms with Gasteiger partial charge >= 0.3 is 6.18 Å². The zero-order valence-electron chi connectivity index (χ0n) is 16.8. The molecule has 1 saturated heterocycles. The molecular weight excluding hydrogens is 444 g/mol. The van der Waals surface area contributed by atoms with Crippen LogP contribution in [-0.4, -0.2) is 54.9 Å². The maximum absolute atomic E-state index is 13.5. The van der Waals surface area contributed by atoms with Crippen LogP contribution in [0.25, 0.3) is 16.9 Å². The third kappa shape index (κ3) is 4.08. The molecule has 4 aromatic heterocycles. The molecule has 1 atom stereocenters. The SMILES string of the molecule is O=C(Nc1ccn2nc(N3CC[C@H](F)C3)nc2c1)c1[nH]ncc1-c1cccc(C(F)(F)F)n1. The molecule has 13 heteroatoms. The Hall–Kier alpha value is -4.03. The van der Waals surface area contributed by atoms with E-state index in [1.54, 1.807) is 23.2 Å². The zero-order chi connectivity index (χ0) is 23.2. The van der Waals surface area contributed by atoms with Gasteiger partial charge in [-0.05, 0) is 24.6 Å². The number of anilines is 2. The van der Waals surface area contributed by atoms with Crippen LogP contribution in [0.2, 0.25) is 0 Å². The van der Waals surface area contributed by atoms with Gasteiger partial charge in [0.25, 0.3) is 5.91 Å². The smallest absolute Gasteiger partial charge is 0.336 e. The number of nitrogens with zero attached hydrogens (tertiary/aromatic N) is 6. The second kappa shape index (κ2) is 7.83. The highest BCUT2D eigenvalue weighted by Crippen LogP contribution is 2.30. The van der Waals surface area contributed by atoms with Crippen molar-refractivity contribution in [3.8, 4) is 11.3 Å². The molecule has 0 bridgehead atoms. The summed E-state index contributed by atoms with van der Waals surface area (Å²) in [5, 5.41) is 13.3. The summed E-state index contributed by atoms with van der Waals surface area (Å²) in [6.45, 7) is 0.750. The van der Waals surface area contributed by atoms with Crippen molar-refractivity contribution in [3.05, 3.63) is 54.1 Å². The van der Waals surface area contributed by atoms with Crippen molar-refractivity contribution in [2.75, 3.05) is 23.3 Å². The molecule has 0 aliphatic carbocycles.